The molecule has 1 amide bonds. The van der Waals surface area contributed by atoms with Crippen LogP contribution in [0.15, 0.2) is 64.4 Å². The fourth-order valence-electron chi connectivity index (χ4n) is 2.34. The van der Waals surface area contributed by atoms with Crippen LogP contribution >= 0.6 is 27.7 Å². The molecule has 0 radical (unpaired) electrons. The second-order valence-corrected chi connectivity index (χ2v) is 7.80. The Kier molecular flexibility index (Phi) is 6.00. The molecule has 2 aromatic carbocycles. The molecule has 3 rings (SSSR count). The predicted molar refractivity (Wildman–Crippen MR) is 109 cm³/mol. The molecule has 0 aliphatic carbocycles. The maximum atomic E-state index is 12.5. The van der Waals surface area contributed by atoms with Gasteiger partial charge in [0.15, 0.2) is 5.16 Å². The number of halogens is 1. The number of carbonyl (C=O) groups is 1. The number of para-hydroxylation sites is 2. The number of amides is 1. The smallest absolute Gasteiger partial charge is 0.237 e. The van der Waals surface area contributed by atoms with Crippen molar-refractivity contribution in [2.45, 2.75) is 17.3 Å². The van der Waals surface area contributed by atoms with E-state index in [4.69, 9.17) is 4.74 Å². The maximum absolute atomic E-state index is 12.5. The molecule has 0 aliphatic rings. The van der Waals surface area contributed by atoms with E-state index in [-0.39, 0.29) is 11.2 Å². The second-order valence-electron chi connectivity index (χ2n) is 5.56. The summed E-state index contributed by atoms with van der Waals surface area (Å²) in [5.74, 6) is 0.523. The van der Waals surface area contributed by atoms with E-state index in [1.807, 2.05) is 55.5 Å². The standard InChI is InChI=1S/C19H18BrN3O2S/c1-12(18(24)22-15-5-3-4-6-17(15)25-2)26-19-21-11-16(23-19)13-7-9-14(20)10-8-13/h3-12H,1-2H3,(H,21,23)(H,22,24)/t12-/m1/s1. The van der Waals surface area contributed by atoms with Crippen molar-refractivity contribution in [3.8, 4) is 17.0 Å². The van der Waals surface area contributed by atoms with Gasteiger partial charge in [0.05, 0.1) is 29.9 Å². The Balaban J connectivity index is 1.65. The maximum Gasteiger partial charge on any atom is 0.237 e. The number of imidazole rings is 1. The number of thioether (sulfide) groups is 1. The first-order valence-corrected chi connectivity index (χ1v) is 9.65. The molecule has 1 aromatic heterocycles. The minimum Gasteiger partial charge on any atom is -0.495 e. The fraction of sp³-hybridized carbons (Fsp3) is 0.158. The van der Waals surface area contributed by atoms with E-state index < -0.39 is 0 Å². The summed E-state index contributed by atoms with van der Waals surface area (Å²) in [6, 6.07) is 15.3. The number of nitrogens with zero attached hydrogens (tertiary/aromatic N) is 1. The SMILES string of the molecule is COc1ccccc1NC(=O)[C@@H](C)Sc1ncc(-c2ccc(Br)cc2)[nH]1. The van der Waals surface area contributed by atoms with Crippen molar-refractivity contribution < 1.29 is 9.53 Å². The zero-order chi connectivity index (χ0) is 18.5. The molecule has 0 saturated carbocycles. The molecular weight excluding hydrogens is 414 g/mol. The van der Waals surface area contributed by atoms with Crippen LogP contribution in [0.1, 0.15) is 6.92 Å². The quantitative estimate of drug-likeness (QED) is 0.540. The molecule has 7 heteroatoms. The van der Waals surface area contributed by atoms with E-state index in [0.29, 0.717) is 16.6 Å². The molecule has 5 nitrogen and oxygen atoms in total. The molecule has 1 heterocycles. The third-order valence-electron chi connectivity index (χ3n) is 3.73. The number of nitrogens with one attached hydrogen (secondary N) is 2. The molecule has 0 saturated heterocycles. The van der Waals surface area contributed by atoms with Crippen LogP contribution in [0.3, 0.4) is 0 Å². The summed E-state index contributed by atoms with van der Waals surface area (Å²) < 4.78 is 6.29. The number of benzene rings is 2. The van der Waals surface area contributed by atoms with Gasteiger partial charge in [0.1, 0.15) is 5.75 Å². The highest BCUT2D eigenvalue weighted by Gasteiger charge is 2.18. The first kappa shape index (κ1) is 18.5. The van der Waals surface area contributed by atoms with Crippen LogP contribution in [0.5, 0.6) is 5.75 Å². The van der Waals surface area contributed by atoms with Crippen LogP contribution < -0.4 is 10.1 Å². The van der Waals surface area contributed by atoms with Crippen LogP contribution in [-0.2, 0) is 4.79 Å². The third kappa shape index (κ3) is 4.47. The van der Waals surface area contributed by atoms with E-state index >= 15 is 0 Å². The first-order chi connectivity index (χ1) is 12.6. The highest BCUT2D eigenvalue weighted by atomic mass is 79.9. The van der Waals surface area contributed by atoms with E-state index in [1.54, 1.807) is 13.3 Å². The third-order valence-corrected chi connectivity index (χ3v) is 5.26. The van der Waals surface area contributed by atoms with E-state index in [0.717, 1.165) is 15.7 Å². The monoisotopic (exact) mass is 431 g/mol. The predicted octanol–water partition coefficient (Wildman–Crippen LogP) is 4.97. The van der Waals surface area contributed by atoms with Crippen molar-refractivity contribution in [2.24, 2.45) is 0 Å². The molecule has 0 spiro atoms. The minimum atomic E-state index is -0.316. The Hall–Kier alpha value is -2.25. The number of methoxy groups -OCH3 is 1. The number of hydrogen-bond donors (Lipinski definition) is 2. The van der Waals surface area contributed by atoms with Gasteiger partial charge in [-0.05, 0) is 36.8 Å². The second kappa shape index (κ2) is 8.42. The normalized spacial score (nSPS) is 11.8. The minimum absolute atomic E-state index is 0.110. The zero-order valence-electron chi connectivity index (χ0n) is 14.3. The van der Waals surface area contributed by atoms with Crippen LogP contribution in [0.25, 0.3) is 11.3 Å². The average Bonchev–Trinajstić information content (AvgIpc) is 3.11. The summed E-state index contributed by atoms with van der Waals surface area (Å²) in [7, 11) is 1.58. The summed E-state index contributed by atoms with van der Waals surface area (Å²) in [6.07, 6.45) is 1.77. The van der Waals surface area contributed by atoms with Gasteiger partial charge in [0, 0.05) is 4.47 Å². The lowest BCUT2D eigenvalue weighted by molar-refractivity contribution is -0.115. The van der Waals surface area contributed by atoms with Gasteiger partial charge < -0.3 is 15.0 Å². The molecule has 134 valence electrons. The number of ether oxygens (including phenoxy) is 1. The van der Waals surface area contributed by atoms with Gasteiger partial charge in [-0.2, -0.15) is 0 Å². The number of anilines is 1. The highest BCUT2D eigenvalue weighted by Crippen LogP contribution is 2.28. The van der Waals surface area contributed by atoms with E-state index in [9.17, 15) is 4.79 Å². The number of H-pyrrole nitrogens is 1. The van der Waals surface area contributed by atoms with Crippen molar-refractivity contribution in [3.05, 3.63) is 59.2 Å². The molecule has 0 fully saturated rings. The summed E-state index contributed by atoms with van der Waals surface area (Å²) in [6.45, 7) is 1.84. The Morgan fingerprint density at radius 1 is 1.23 bits per heavy atom. The van der Waals surface area contributed by atoms with Gasteiger partial charge in [-0.1, -0.05) is 52.0 Å². The molecule has 0 aliphatic heterocycles. The molecule has 26 heavy (non-hydrogen) atoms. The van der Waals surface area contributed by atoms with Crippen molar-refractivity contribution in [1.82, 2.24) is 9.97 Å². The molecule has 0 bridgehead atoms. The number of aromatic nitrogens is 2. The fourth-order valence-corrected chi connectivity index (χ4v) is 3.39. The molecule has 2 N–H and O–H groups in total. The first-order valence-electron chi connectivity index (χ1n) is 7.98. The topological polar surface area (TPSA) is 67.0 Å². The van der Waals surface area contributed by atoms with Crippen molar-refractivity contribution in [3.63, 3.8) is 0 Å². The van der Waals surface area contributed by atoms with Gasteiger partial charge in [-0.15, -0.1) is 0 Å². The van der Waals surface area contributed by atoms with Gasteiger partial charge in [0.25, 0.3) is 0 Å². The lowest BCUT2D eigenvalue weighted by atomic mass is 10.2. The Morgan fingerprint density at radius 2 is 1.96 bits per heavy atom. The number of rotatable bonds is 6. The largest absolute Gasteiger partial charge is 0.495 e. The van der Waals surface area contributed by atoms with Crippen LogP contribution in [0, 0.1) is 0 Å². The van der Waals surface area contributed by atoms with E-state index in [2.05, 4.69) is 31.2 Å². The van der Waals surface area contributed by atoms with Crippen molar-refractivity contribution in [1.29, 1.82) is 0 Å². The number of carbonyl (C=O) groups excluding carboxylic acids is 1. The van der Waals surface area contributed by atoms with Gasteiger partial charge >= 0.3 is 0 Å². The van der Waals surface area contributed by atoms with Crippen LogP contribution in [-0.4, -0.2) is 28.2 Å². The van der Waals surface area contributed by atoms with Gasteiger partial charge in [-0.3, -0.25) is 4.79 Å². The Labute approximate surface area is 164 Å². The molecule has 1 atom stereocenters. The summed E-state index contributed by atoms with van der Waals surface area (Å²) in [4.78, 5) is 20.1. The lowest BCUT2D eigenvalue weighted by Crippen LogP contribution is -2.22. The lowest BCUT2D eigenvalue weighted by Gasteiger charge is -2.13. The van der Waals surface area contributed by atoms with Gasteiger partial charge in [-0.25, -0.2) is 4.98 Å². The summed E-state index contributed by atoms with van der Waals surface area (Å²) in [5, 5.41) is 3.28. The van der Waals surface area contributed by atoms with Gasteiger partial charge in [0.2, 0.25) is 5.91 Å². The van der Waals surface area contributed by atoms with Crippen LogP contribution in [0.2, 0.25) is 0 Å². The zero-order valence-corrected chi connectivity index (χ0v) is 16.7. The van der Waals surface area contributed by atoms with E-state index in [1.165, 1.54) is 11.8 Å². The summed E-state index contributed by atoms with van der Waals surface area (Å²) >= 11 is 4.80. The van der Waals surface area contributed by atoms with Crippen molar-refractivity contribution >= 4 is 39.3 Å². The average molecular weight is 432 g/mol. The number of hydrogen-bond acceptors (Lipinski definition) is 4. The highest BCUT2D eigenvalue weighted by molar-refractivity contribution is 9.10. The molecule has 3 aromatic rings. The molecular formula is C19H18BrN3O2S. The Morgan fingerprint density at radius 3 is 2.69 bits per heavy atom. The van der Waals surface area contributed by atoms with Crippen LogP contribution in [0.4, 0.5) is 5.69 Å². The number of aromatic amines is 1. The summed E-state index contributed by atoms with van der Waals surface area (Å²) in [5.41, 5.74) is 2.61. The molecule has 0 unspecified atom stereocenters. The van der Waals surface area contributed by atoms with Crippen molar-refractivity contribution in [2.75, 3.05) is 12.4 Å². The Bertz CT molecular complexity index is 896.